The zero-order valence-corrected chi connectivity index (χ0v) is 17.2. The van der Waals surface area contributed by atoms with Gasteiger partial charge in [0, 0.05) is 30.5 Å². The molecule has 2 heterocycles. The molecule has 1 aromatic carbocycles. The van der Waals surface area contributed by atoms with Crippen molar-refractivity contribution in [3.8, 4) is 0 Å². The average molecular weight is 401 g/mol. The van der Waals surface area contributed by atoms with Gasteiger partial charge in [0.05, 0.1) is 16.1 Å². The first-order chi connectivity index (χ1) is 13.6. The fourth-order valence-electron chi connectivity index (χ4n) is 4.68. The van der Waals surface area contributed by atoms with E-state index in [1.807, 2.05) is 18.2 Å². The number of carbonyl (C=O) groups excluding carboxylic acids is 1. The summed E-state index contributed by atoms with van der Waals surface area (Å²) in [4.78, 5) is 20.1. The predicted molar refractivity (Wildman–Crippen MR) is 114 cm³/mol. The molecule has 5 heteroatoms. The summed E-state index contributed by atoms with van der Waals surface area (Å²) < 4.78 is 0. The second-order valence-electron chi connectivity index (χ2n) is 8.41. The Balaban J connectivity index is 1.56. The second kappa shape index (κ2) is 8.38. The first kappa shape index (κ1) is 19.7. The van der Waals surface area contributed by atoms with Crippen molar-refractivity contribution in [2.75, 3.05) is 18.0 Å². The fourth-order valence-corrected chi connectivity index (χ4v) is 4.95. The van der Waals surface area contributed by atoms with E-state index < -0.39 is 5.60 Å². The highest BCUT2D eigenvalue weighted by atomic mass is 35.5. The van der Waals surface area contributed by atoms with Crippen molar-refractivity contribution in [1.82, 2.24) is 4.98 Å². The molecule has 1 N–H and O–H groups in total. The molecule has 28 heavy (non-hydrogen) atoms. The minimum atomic E-state index is -0.704. The predicted octanol–water partition coefficient (Wildman–Crippen LogP) is 5.54. The molecular formula is C23H29ClN2O2. The Labute approximate surface area is 171 Å². The van der Waals surface area contributed by atoms with E-state index in [4.69, 9.17) is 16.6 Å². The lowest BCUT2D eigenvalue weighted by molar-refractivity contribution is 0.0148. The number of ketones is 1. The molecule has 0 amide bonds. The van der Waals surface area contributed by atoms with Gasteiger partial charge < -0.3 is 10.0 Å². The third-order valence-electron chi connectivity index (χ3n) is 6.37. The van der Waals surface area contributed by atoms with Crippen molar-refractivity contribution in [3.63, 3.8) is 0 Å². The maximum Gasteiger partial charge on any atom is 0.165 e. The van der Waals surface area contributed by atoms with Gasteiger partial charge in [-0.2, -0.15) is 0 Å². The number of hydrogen-bond acceptors (Lipinski definition) is 4. The van der Waals surface area contributed by atoms with Crippen molar-refractivity contribution in [2.45, 2.75) is 69.8 Å². The summed E-state index contributed by atoms with van der Waals surface area (Å²) in [5, 5.41) is 12.2. The van der Waals surface area contributed by atoms with Gasteiger partial charge in [-0.25, -0.2) is 4.98 Å². The molecule has 1 saturated carbocycles. The SMILES string of the molecule is O=C(CCC1(O)CCCCCC1)c1c(Cl)ccc2nc(N3CCCC3)ccc12. The van der Waals surface area contributed by atoms with Crippen LogP contribution in [0.2, 0.25) is 5.02 Å². The van der Waals surface area contributed by atoms with E-state index in [0.717, 1.165) is 55.5 Å². The smallest absolute Gasteiger partial charge is 0.165 e. The number of pyridine rings is 1. The van der Waals surface area contributed by atoms with Crippen LogP contribution in [0.4, 0.5) is 5.82 Å². The summed E-state index contributed by atoms with van der Waals surface area (Å²) >= 11 is 6.43. The number of rotatable bonds is 5. The van der Waals surface area contributed by atoms with Crippen LogP contribution in [0.5, 0.6) is 0 Å². The minimum Gasteiger partial charge on any atom is -0.390 e. The number of aromatic nitrogens is 1. The summed E-state index contributed by atoms with van der Waals surface area (Å²) in [6.07, 6.45) is 9.27. The van der Waals surface area contributed by atoms with Gasteiger partial charge in [0.25, 0.3) is 0 Å². The minimum absolute atomic E-state index is 0.00370. The molecule has 150 valence electrons. The lowest BCUT2D eigenvalue weighted by atomic mass is 9.87. The average Bonchev–Trinajstić information content (AvgIpc) is 3.15. The third-order valence-corrected chi connectivity index (χ3v) is 6.68. The number of fused-ring (bicyclic) bond motifs is 1. The third kappa shape index (κ3) is 4.18. The number of benzene rings is 1. The van der Waals surface area contributed by atoms with Crippen molar-refractivity contribution in [1.29, 1.82) is 0 Å². The molecule has 1 aliphatic carbocycles. The second-order valence-corrected chi connectivity index (χ2v) is 8.82. The molecule has 0 atom stereocenters. The Morgan fingerprint density at radius 1 is 1.04 bits per heavy atom. The number of aliphatic hydroxyl groups is 1. The van der Waals surface area contributed by atoms with Gasteiger partial charge in [-0.05, 0) is 56.4 Å². The Bertz CT molecular complexity index is 853. The zero-order valence-electron chi connectivity index (χ0n) is 16.4. The summed E-state index contributed by atoms with van der Waals surface area (Å²) in [6, 6.07) is 7.65. The molecule has 1 aliphatic heterocycles. The molecule has 0 spiro atoms. The molecule has 1 aromatic heterocycles. The van der Waals surface area contributed by atoms with Crippen molar-refractivity contribution < 1.29 is 9.90 Å². The maximum atomic E-state index is 13.1. The van der Waals surface area contributed by atoms with Crippen LogP contribution in [0, 0.1) is 0 Å². The summed E-state index contributed by atoms with van der Waals surface area (Å²) in [7, 11) is 0. The number of carbonyl (C=O) groups is 1. The van der Waals surface area contributed by atoms with E-state index in [1.165, 1.54) is 25.7 Å². The highest BCUT2D eigenvalue weighted by molar-refractivity contribution is 6.35. The Morgan fingerprint density at radius 2 is 1.75 bits per heavy atom. The van der Waals surface area contributed by atoms with Crippen molar-refractivity contribution >= 4 is 34.1 Å². The van der Waals surface area contributed by atoms with Gasteiger partial charge in [-0.3, -0.25) is 4.79 Å². The molecule has 2 fully saturated rings. The number of halogens is 1. The van der Waals surface area contributed by atoms with E-state index in [9.17, 15) is 9.90 Å². The van der Waals surface area contributed by atoms with E-state index in [0.29, 0.717) is 23.4 Å². The highest BCUT2D eigenvalue weighted by Crippen LogP contribution is 2.33. The zero-order chi connectivity index (χ0) is 19.6. The van der Waals surface area contributed by atoms with Crippen LogP contribution in [0.3, 0.4) is 0 Å². The number of anilines is 1. The summed E-state index contributed by atoms with van der Waals surface area (Å²) in [5.74, 6) is 0.975. The molecular weight excluding hydrogens is 372 g/mol. The quantitative estimate of drug-likeness (QED) is 0.529. The molecule has 0 bridgehead atoms. The van der Waals surface area contributed by atoms with Crippen LogP contribution >= 0.6 is 11.6 Å². The van der Waals surface area contributed by atoms with Crippen molar-refractivity contribution in [2.24, 2.45) is 0 Å². The summed E-state index contributed by atoms with van der Waals surface area (Å²) in [5.41, 5.74) is 0.659. The van der Waals surface area contributed by atoms with Crippen LogP contribution in [-0.4, -0.2) is 34.6 Å². The van der Waals surface area contributed by atoms with Gasteiger partial charge in [-0.1, -0.05) is 37.3 Å². The first-order valence-electron chi connectivity index (χ1n) is 10.7. The summed E-state index contributed by atoms with van der Waals surface area (Å²) in [6.45, 7) is 2.08. The highest BCUT2D eigenvalue weighted by Gasteiger charge is 2.29. The van der Waals surface area contributed by atoms with Crippen LogP contribution in [-0.2, 0) is 0 Å². The maximum absolute atomic E-state index is 13.1. The van der Waals surface area contributed by atoms with E-state index in [2.05, 4.69) is 4.90 Å². The first-order valence-corrected chi connectivity index (χ1v) is 11.0. The Hall–Kier alpha value is -1.65. The topological polar surface area (TPSA) is 53.4 Å². The normalized spacial score (nSPS) is 19.7. The van der Waals surface area contributed by atoms with Crippen LogP contribution in [0.1, 0.15) is 74.6 Å². The standard InChI is InChI=1S/C23H29ClN2O2/c24-18-8-9-19-17(7-10-21(25-19)26-15-5-6-16-26)22(18)20(27)11-14-23(28)12-3-1-2-4-13-23/h7-10,28H,1-6,11-16H2. The Kier molecular flexibility index (Phi) is 5.88. The molecule has 4 nitrogen and oxygen atoms in total. The molecule has 0 unspecified atom stereocenters. The van der Waals surface area contributed by atoms with Gasteiger partial charge in [-0.15, -0.1) is 0 Å². The van der Waals surface area contributed by atoms with Crippen molar-refractivity contribution in [3.05, 3.63) is 34.9 Å². The molecule has 2 aliphatic rings. The van der Waals surface area contributed by atoms with E-state index in [1.54, 1.807) is 6.07 Å². The molecule has 1 saturated heterocycles. The molecule has 4 rings (SSSR count). The Morgan fingerprint density at radius 3 is 2.46 bits per heavy atom. The lowest BCUT2D eigenvalue weighted by Crippen LogP contribution is -2.28. The van der Waals surface area contributed by atoms with Gasteiger partial charge in [0.15, 0.2) is 5.78 Å². The molecule has 0 radical (unpaired) electrons. The fraction of sp³-hybridized carbons (Fsp3) is 0.565. The number of Topliss-reactive ketones (excluding diaryl/α,β-unsaturated/α-hetero) is 1. The van der Waals surface area contributed by atoms with Gasteiger partial charge in [0.2, 0.25) is 0 Å². The number of hydrogen-bond donors (Lipinski definition) is 1. The van der Waals surface area contributed by atoms with Gasteiger partial charge in [0.1, 0.15) is 5.82 Å². The van der Waals surface area contributed by atoms with Crippen LogP contribution in [0.25, 0.3) is 10.9 Å². The van der Waals surface area contributed by atoms with E-state index in [-0.39, 0.29) is 5.78 Å². The van der Waals surface area contributed by atoms with E-state index >= 15 is 0 Å². The lowest BCUT2D eigenvalue weighted by Gasteiger charge is -2.26. The van der Waals surface area contributed by atoms with Crippen LogP contribution < -0.4 is 4.90 Å². The largest absolute Gasteiger partial charge is 0.390 e. The molecule has 2 aromatic rings. The number of nitrogens with zero attached hydrogens (tertiary/aromatic N) is 2. The van der Waals surface area contributed by atoms with Gasteiger partial charge >= 0.3 is 0 Å². The van der Waals surface area contributed by atoms with Crippen LogP contribution in [0.15, 0.2) is 24.3 Å². The monoisotopic (exact) mass is 400 g/mol.